The van der Waals surface area contributed by atoms with Crippen LogP contribution < -0.4 is 16.0 Å². The molecule has 3 N–H and O–H groups in total. The molecule has 1 fully saturated rings. The van der Waals surface area contributed by atoms with Crippen molar-refractivity contribution in [3.8, 4) is 0 Å². The lowest BCUT2D eigenvalue weighted by atomic mass is 9.97. The van der Waals surface area contributed by atoms with E-state index in [4.69, 9.17) is 4.74 Å². The summed E-state index contributed by atoms with van der Waals surface area (Å²) in [5.74, 6) is 0.0168. The van der Waals surface area contributed by atoms with Crippen LogP contribution in [0.15, 0.2) is 18.2 Å². The van der Waals surface area contributed by atoms with Gasteiger partial charge in [-0.3, -0.25) is 9.59 Å². The fourth-order valence-electron chi connectivity index (χ4n) is 2.80. The summed E-state index contributed by atoms with van der Waals surface area (Å²) in [5, 5.41) is 9.02. The van der Waals surface area contributed by atoms with Gasteiger partial charge in [-0.25, -0.2) is 0 Å². The number of amides is 2. The maximum atomic E-state index is 12.2. The first-order chi connectivity index (χ1) is 10.6. The van der Waals surface area contributed by atoms with Crippen molar-refractivity contribution in [1.82, 2.24) is 10.6 Å². The van der Waals surface area contributed by atoms with E-state index in [0.29, 0.717) is 26.2 Å². The van der Waals surface area contributed by atoms with Crippen LogP contribution in [-0.4, -0.2) is 37.6 Å². The van der Waals surface area contributed by atoms with Crippen LogP contribution in [0.4, 0.5) is 5.69 Å². The number of fused-ring (bicyclic) bond motifs is 1. The Morgan fingerprint density at radius 3 is 2.96 bits per heavy atom. The zero-order chi connectivity index (χ0) is 15.5. The topological polar surface area (TPSA) is 79.5 Å². The molecule has 0 aromatic heterocycles. The first kappa shape index (κ1) is 17.7. The van der Waals surface area contributed by atoms with Crippen molar-refractivity contribution in [3.05, 3.63) is 29.3 Å². The molecule has 2 unspecified atom stereocenters. The summed E-state index contributed by atoms with van der Waals surface area (Å²) in [7, 11) is 0. The number of morpholine rings is 1. The third kappa shape index (κ3) is 4.22. The van der Waals surface area contributed by atoms with E-state index in [1.54, 1.807) is 0 Å². The predicted molar refractivity (Wildman–Crippen MR) is 89.8 cm³/mol. The number of carbonyl (C=O) groups is 2. The molecular formula is C16H22ClN3O3. The van der Waals surface area contributed by atoms with Crippen LogP contribution in [0.25, 0.3) is 0 Å². The third-order valence-electron chi connectivity index (χ3n) is 4.12. The number of aryl methyl sites for hydroxylation is 1. The Labute approximate surface area is 141 Å². The number of anilines is 1. The summed E-state index contributed by atoms with van der Waals surface area (Å²) >= 11 is 0. The van der Waals surface area contributed by atoms with Crippen LogP contribution in [0, 0.1) is 0 Å². The lowest BCUT2D eigenvalue weighted by Crippen LogP contribution is -2.51. The van der Waals surface area contributed by atoms with E-state index in [2.05, 4.69) is 22.0 Å². The fourth-order valence-corrected chi connectivity index (χ4v) is 2.80. The molecule has 6 nitrogen and oxygen atoms in total. The normalized spacial score (nSPS) is 21.4. The van der Waals surface area contributed by atoms with Gasteiger partial charge >= 0.3 is 0 Å². The summed E-state index contributed by atoms with van der Waals surface area (Å²) in [4.78, 5) is 23.6. The van der Waals surface area contributed by atoms with Gasteiger partial charge in [-0.15, -0.1) is 12.4 Å². The van der Waals surface area contributed by atoms with Gasteiger partial charge < -0.3 is 20.7 Å². The van der Waals surface area contributed by atoms with Gasteiger partial charge in [-0.05, 0) is 30.5 Å². The molecule has 0 spiro atoms. The molecule has 2 amide bonds. The van der Waals surface area contributed by atoms with Gasteiger partial charge in [-0.2, -0.15) is 0 Å². The summed E-state index contributed by atoms with van der Waals surface area (Å²) in [6, 6.07) is 5.55. The quantitative estimate of drug-likeness (QED) is 0.772. The first-order valence-electron chi connectivity index (χ1n) is 7.67. The molecule has 0 radical (unpaired) electrons. The van der Waals surface area contributed by atoms with E-state index in [1.165, 1.54) is 0 Å². The standard InChI is InChI=1S/C16H21N3O3.ClH/c1-10(18-16(21)14-9-22-7-6-17-14)11-2-4-13-12(8-11)3-5-15(20)19-13;/h2,4,8,10,14,17H,3,5-7,9H2,1H3,(H,18,21)(H,19,20);1H. The lowest BCUT2D eigenvalue weighted by Gasteiger charge is -2.25. The lowest BCUT2D eigenvalue weighted by molar-refractivity contribution is -0.126. The molecule has 2 atom stereocenters. The zero-order valence-electron chi connectivity index (χ0n) is 13.1. The number of hydrogen-bond acceptors (Lipinski definition) is 4. The Kier molecular flexibility index (Phi) is 5.98. The van der Waals surface area contributed by atoms with Crippen LogP contribution in [0.1, 0.15) is 30.5 Å². The third-order valence-corrected chi connectivity index (χ3v) is 4.12. The molecule has 126 valence electrons. The number of rotatable bonds is 3. The van der Waals surface area contributed by atoms with E-state index < -0.39 is 0 Å². The number of ether oxygens (including phenoxy) is 1. The molecule has 3 rings (SSSR count). The molecule has 2 aliphatic rings. The molecule has 1 saturated heterocycles. The molecule has 0 aliphatic carbocycles. The SMILES string of the molecule is CC(NC(=O)C1COCCN1)c1ccc2c(c1)CCC(=O)N2.Cl. The highest BCUT2D eigenvalue weighted by Crippen LogP contribution is 2.26. The van der Waals surface area contributed by atoms with Crippen molar-refractivity contribution >= 4 is 29.9 Å². The minimum absolute atomic E-state index is 0. The van der Waals surface area contributed by atoms with Crippen molar-refractivity contribution in [2.75, 3.05) is 25.1 Å². The first-order valence-corrected chi connectivity index (χ1v) is 7.67. The molecule has 23 heavy (non-hydrogen) atoms. The molecular weight excluding hydrogens is 318 g/mol. The second-order valence-corrected chi connectivity index (χ2v) is 5.78. The number of benzene rings is 1. The van der Waals surface area contributed by atoms with Gasteiger partial charge in [0.2, 0.25) is 11.8 Å². The Hall–Kier alpha value is -1.63. The largest absolute Gasteiger partial charge is 0.378 e. The molecule has 1 aromatic carbocycles. The smallest absolute Gasteiger partial charge is 0.240 e. The van der Waals surface area contributed by atoms with E-state index in [-0.39, 0.29) is 36.3 Å². The average Bonchev–Trinajstić information content (AvgIpc) is 2.55. The predicted octanol–water partition coefficient (Wildman–Crippen LogP) is 1.16. The highest BCUT2D eigenvalue weighted by Gasteiger charge is 2.23. The second kappa shape index (κ2) is 7.77. The Morgan fingerprint density at radius 1 is 1.39 bits per heavy atom. The van der Waals surface area contributed by atoms with Crippen LogP contribution in [-0.2, 0) is 20.7 Å². The molecule has 0 saturated carbocycles. The number of nitrogens with one attached hydrogen (secondary N) is 3. The number of halogens is 1. The van der Waals surface area contributed by atoms with Gasteiger partial charge in [0, 0.05) is 18.7 Å². The highest BCUT2D eigenvalue weighted by molar-refractivity contribution is 5.94. The van der Waals surface area contributed by atoms with Crippen LogP contribution in [0.2, 0.25) is 0 Å². The monoisotopic (exact) mass is 339 g/mol. The minimum Gasteiger partial charge on any atom is -0.378 e. The van der Waals surface area contributed by atoms with Gasteiger partial charge in [0.05, 0.1) is 19.3 Å². The van der Waals surface area contributed by atoms with E-state index in [0.717, 1.165) is 23.2 Å². The van der Waals surface area contributed by atoms with Gasteiger partial charge in [0.15, 0.2) is 0 Å². The summed E-state index contributed by atoms with van der Waals surface area (Å²) in [6.45, 7) is 3.72. The van der Waals surface area contributed by atoms with Crippen molar-refractivity contribution in [1.29, 1.82) is 0 Å². The van der Waals surface area contributed by atoms with Crippen LogP contribution in [0.5, 0.6) is 0 Å². The Bertz CT molecular complexity index is 588. The Morgan fingerprint density at radius 2 is 2.22 bits per heavy atom. The maximum Gasteiger partial charge on any atom is 0.240 e. The summed E-state index contributed by atoms with van der Waals surface area (Å²) in [6.07, 6.45) is 1.26. The van der Waals surface area contributed by atoms with Crippen LogP contribution in [0.3, 0.4) is 0 Å². The minimum atomic E-state index is -0.284. The highest BCUT2D eigenvalue weighted by atomic mass is 35.5. The van der Waals surface area contributed by atoms with Gasteiger partial charge in [-0.1, -0.05) is 12.1 Å². The van der Waals surface area contributed by atoms with Gasteiger partial charge in [0.25, 0.3) is 0 Å². The van der Waals surface area contributed by atoms with E-state index >= 15 is 0 Å². The molecule has 2 aliphatic heterocycles. The molecule has 0 bridgehead atoms. The van der Waals surface area contributed by atoms with Crippen molar-refractivity contribution in [2.24, 2.45) is 0 Å². The Balaban J connectivity index is 0.00000192. The molecule has 2 heterocycles. The number of carbonyl (C=O) groups excluding carboxylic acids is 2. The molecule has 7 heteroatoms. The van der Waals surface area contributed by atoms with Crippen molar-refractivity contribution in [2.45, 2.75) is 31.8 Å². The van der Waals surface area contributed by atoms with E-state index in [9.17, 15) is 9.59 Å². The summed E-state index contributed by atoms with van der Waals surface area (Å²) in [5.41, 5.74) is 3.04. The van der Waals surface area contributed by atoms with Crippen LogP contribution >= 0.6 is 12.4 Å². The average molecular weight is 340 g/mol. The molecule has 1 aromatic rings. The maximum absolute atomic E-state index is 12.2. The van der Waals surface area contributed by atoms with E-state index in [1.807, 2.05) is 19.1 Å². The fraction of sp³-hybridized carbons (Fsp3) is 0.500. The van der Waals surface area contributed by atoms with Gasteiger partial charge in [0.1, 0.15) is 6.04 Å². The second-order valence-electron chi connectivity index (χ2n) is 5.78. The number of hydrogen-bond donors (Lipinski definition) is 3. The summed E-state index contributed by atoms with van der Waals surface area (Å²) < 4.78 is 5.31. The zero-order valence-corrected chi connectivity index (χ0v) is 13.9. The van der Waals surface area contributed by atoms with Crippen molar-refractivity contribution < 1.29 is 14.3 Å². The van der Waals surface area contributed by atoms with Crippen molar-refractivity contribution in [3.63, 3.8) is 0 Å².